The van der Waals surface area contributed by atoms with Gasteiger partial charge in [0.05, 0.1) is 11.0 Å². The molecule has 2 unspecified atom stereocenters. The zero-order chi connectivity index (χ0) is 13.6. The third-order valence-electron chi connectivity index (χ3n) is 4.22. The molecule has 2 heterocycles. The highest BCUT2D eigenvalue weighted by Gasteiger charge is 2.25. The normalized spacial score (nSPS) is 25.0. The van der Waals surface area contributed by atoms with E-state index in [0.29, 0.717) is 12.1 Å². The third-order valence-corrected chi connectivity index (χ3v) is 5.19. The van der Waals surface area contributed by atoms with E-state index >= 15 is 0 Å². The summed E-state index contributed by atoms with van der Waals surface area (Å²) in [6.45, 7) is 3.44. The van der Waals surface area contributed by atoms with Crippen LogP contribution in [0.25, 0.3) is 11.0 Å². The lowest BCUT2D eigenvalue weighted by Gasteiger charge is -2.35. The first-order chi connectivity index (χ1) is 9.06. The van der Waals surface area contributed by atoms with Gasteiger partial charge >= 0.3 is 0 Å². The molecule has 2 atom stereocenters. The molecule has 3 rings (SSSR count). The smallest absolute Gasteiger partial charge is 0.178 e. The summed E-state index contributed by atoms with van der Waals surface area (Å²) < 4.78 is 4.42. The van der Waals surface area contributed by atoms with Crippen LogP contribution in [0.4, 0.5) is 0 Å². The minimum absolute atomic E-state index is 0.521. The molecule has 0 radical (unpaired) electrons. The maximum Gasteiger partial charge on any atom is 0.178 e. The Morgan fingerprint density at radius 1 is 1.42 bits per heavy atom. The molecule has 1 aromatic heterocycles. The Hall–Kier alpha value is -0.400. The fourth-order valence-electron chi connectivity index (χ4n) is 2.96. The van der Waals surface area contributed by atoms with E-state index in [4.69, 9.17) is 12.2 Å². The van der Waals surface area contributed by atoms with Crippen molar-refractivity contribution < 1.29 is 0 Å². The standard InChI is InChI=1S/C14H18IN3S/c1-9-7-11(5-6-17(9)2)18-13-4-3-10(15)8-12(13)16-14(18)19/h3-4,8-9,11H,5-7H2,1-2H3,(H,16,19). The predicted molar refractivity (Wildman–Crippen MR) is 90.2 cm³/mol. The molecular weight excluding hydrogens is 369 g/mol. The summed E-state index contributed by atoms with van der Waals surface area (Å²) >= 11 is 7.88. The Labute approximate surface area is 132 Å². The summed E-state index contributed by atoms with van der Waals surface area (Å²) in [4.78, 5) is 5.78. The van der Waals surface area contributed by atoms with E-state index in [0.717, 1.165) is 16.8 Å². The molecule has 1 fully saturated rings. The number of aromatic nitrogens is 2. The van der Waals surface area contributed by atoms with Gasteiger partial charge in [-0.3, -0.25) is 0 Å². The Kier molecular flexibility index (Phi) is 3.70. The monoisotopic (exact) mass is 387 g/mol. The number of piperidine rings is 1. The van der Waals surface area contributed by atoms with Crippen LogP contribution in [0.5, 0.6) is 0 Å². The molecule has 0 spiro atoms. The van der Waals surface area contributed by atoms with E-state index < -0.39 is 0 Å². The van der Waals surface area contributed by atoms with E-state index in [-0.39, 0.29) is 0 Å². The van der Waals surface area contributed by atoms with E-state index in [9.17, 15) is 0 Å². The average Bonchev–Trinajstić information content (AvgIpc) is 2.68. The number of H-pyrrole nitrogens is 1. The fourth-order valence-corrected chi connectivity index (χ4v) is 3.81. The second-order valence-corrected chi connectivity index (χ2v) is 7.10. The van der Waals surface area contributed by atoms with Crippen molar-refractivity contribution >= 4 is 45.8 Å². The molecule has 0 saturated carbocycles. The van der Waals surface area contributed by atoms with Gasteiger partial charge in [0.2, 0.25) is 0 Å². The summed E-state index contributed by atoms with van der Waals surface area (Å²) in [6.07, 6.45) is 2.35. The van der Waals surface area contributed by atoms with E-state index in [1.807, 2.05) is 0 Å². The highest BCUT2D eigenvalue weighted by molar-refractivity contribution is 14.1. The summed E-state index contributed by atoms with van der Waals surface area (Å²) in [7, 11) is 2.21. The van der Waals surface area contributed by atoms with E-state index in [1.165, 1.54) is 21.9 Å². The van der Waals surface area contributed by atoms with Crippen LogP contribution in [0.2, 0.25) is 0 Å². The lowest BCUT2D eigenvalue weighted by Crippen LogP contribution is -2.38. The number of nitrogens with one attached hydrogen (secondary N) is 1. The van der Waals surface area contributed by atoms with Crippen molar-refractivity contribution in [1.29, 1.82) is 0 Å². The summed E-state index contributed by atoms with van der Waals surface area (Å²) in [5.41, 5.74) is 2.40. The molecule has 3 nitrogen and oxygen atoms in total. The number of nitrogens with zero attached hydrogens (tertiary/aromatic N) is 2. The Balaban J connectivity index is 2.05. The van der Waals surface area contributed by atoms with Crippen molar-refractivity contribution in [2.75, 3.05) is 13.6 Å². The number of hydrogen-bond acceptors (Lipinski definition) is 2. The zero-order valence-corrected chi connectivity index (χ0v) is 14.2. The van der Waals surface area contributed by atoms with Gasteiger partial charge < -0.3 is 14.5 Å². The molecule has 5 heteroatoms. The highest BCUT2D eigenvalue weighted by atomic mass is 127. The van der Waals surface area contributed by atoms with Crippen molar-refractivity contribution in [3.63, 3.8) is 0 Å². The highest BCUT2D eigenvalue weighted by Crippen LogP contribution is 2.30. The molecule has 2 aromatic rings. The maximum atomic E-state index is 5.54. The maximum absolute atomic E-state index is 5.54. The van der Waals surface area contributed by atoms with Crippen molar-refractivity contribution in [2.24, 2.45) is 0 Å². The molecule has 1 N–H and O–H groups in total. The SMILES string of the molecule is CC1CC(n2c(=S)[nH]c3cc(I)ccc32)CCN1C. The molecule has 0 bridgehead atoms. The zero-order valence-electron chi connectivity index (χ0n) is 11.2. The number of fused-ring (bicyclic) bond motifs is 1. The van der Waals surface area contributed by atoms with Gasteiger partial charge in [-0.05, 0) is 79.8 Å². The lowest BCUT2D eigenvalue weighted by atomic mass is 9.98. The van der Waals surface area contributed by atoms with Crippen LogP contribution >= 0.6 is 34.8 Å². The summed E-state index contributed by atoms with van der Waals surface area (Å²) in [5.74, 6) is 0. The topological polar surface area (TPSA) is 24.0 Å². The first kappa shape index (κ1) is 13.6. The quantitative estimate of drug-likeness (QED) is 0.592. The van der Waals surface area contributed by atoms with Crippen LogP contribution in [-0.4, -0.2) is 34.1 Å². The molecular formula is C14H18IN3S. The number of imidazole rings is 1. The van der Waals surface area contributed by atoms with E-state index in [2.05, 4.69) is 69.2 Å². The van der Waals surface area contributed by atoms with Gasteiger partial charge in [0.25, 0.3) is 0 Å². The van der Waals surface area contributed by atoms with Crippen molar-refractivity contribution in [3.05, 3.63) is 26.5 Å². The molecule has 1 aromatic carbocycles. The number of aromatic amines is 1. The van der Waals surface area contributed by atoms with Crippen molar-refractivity contribution in [1.82, 2.24) is 14.5 Å². The molecule has 1 aliphatic heterocycles. The Bertz CT molecular complexity index is 660. The Morgan fingerprint density at radius 2 is 2.21 bits per heavy atom. The third kappa shape index (κ3) is 2.48. The molecule has 102 valence electrons. The fraction of sp³-hybridized carbons (Fsp3) is 0.500. The van der Waals surface area contributed by atoms with E-state index in [1.54, 1.807) is 0 Å². The minimum atomic E-state index is 0.521. The van der Waals surface area contributed by atoms with Crippen LogP contribution in [-0.2, 0) is 0 Å². The van der Waals surface area contributed by atoms with Gasteiger partial charge in [-0.15, -0.1) is 0 Å². The molecule has 0 amide bonds. The van der Waals surface area contributed by atoms with Gasteiger partial charge in [0.1, 0.15) is 0 Å². The second kappa shape index (κ2) is 5.18. The number of benzene rings is 1. The van der Waals surface area contributed by atoms with Gasteiger partial charge in [-0.2, -0.15) is 0 Å². The number of likely N-dealkylation sites (tertiary alicyclic amines) is 1. The van der Waals surface area contributed by atoms with Gasteiger partial charge in [0, 0.05) is 22.2 Å². The Morgan fingerprint density at radius 3 is 2.95 bits per heavy atom. The number of rotatable bonds is 1. The molecule has 1 aliphatic rings. The van der Waals surface area contributed by atoms with Gasteiger partial charge in [0.15, 0.2) is 4.77 Å². The molecule has 0 aliphatic carbocycles. The minimum Gasteiger partial charge on any atom is -0.331 e. The lowest BCUT2D eigenvalue weighted by molar-refractivity contribution is 0.158. The first-order valence-electron chi connectivity index (χ1n) is 6.66. The van der Waals surface area contributed by atoms with Crippen molar-refractivity contribution in [2.45, 2.75) is 31.8 Å². The van der Waals surface area contributed by atoms with Crippen LogP contribution in [0.15, 0.2) is 18.2 Å². The largest absolute Gasteiger partial charge is 0.331 e. The van der Waals surface area contributed by atoms with Gasteiger partial charge in [-0.25, -0.2) is 0 Å². The average molecular weight is 387 g/mol. The second-order valence-electron chi connectivity index (χ2n) is 5.47. The molecule has 1 saturated heterocycles. The molecule has 19 heavy (non-hydrogen) atoms. The van der Waals surface area contributed by atoms with Crippen LogP contribution < -0.4 is 0 Å². The summed E-state index contributed by atoms with van der Waals surface area (Å²) in [5, 5.41) is 0. The van der Waals surface area contributed by atoms with Crippen molar-refractivity contribution in [3.8, 4) is 0 Å². The van der Waals surface area contributed by atoms with Gasteiger partial charge in [-0.1, -0.05) is 0 Å². The first-order valence-corrected chi connectivity index (χ1v) is 8.15. The summed E-state index contributed by atoms with van der Waals surface area (Å²) in [6, 6.07) is 7.65. The van der Waals surface area contributed by atoms with Crippen LogP contribution in [0, 0.1) is 8.34 Å². The number of halogens is 1. The predicted octanol–water partition coefficient (Wildman–Crippen LogP) is 3.96. The number of hydrogen-bond donors (Lipinski definition) is 1. The van der Waals surface area contributed by atoms with Crippen LogP contribution in [0.3, 0.4) is 0 Å². The van der Waals surface area contributed by atoms with Crippen LogP contribution in [0.1, 0.15) is 25.8 Å².